The maximum Gasteiger partial charge on any atom is 0.408 e. The minimum Gasteiger partial charge on any atom is -0.444 e. The van der Waals surface area contributed by atoms with E-state index in [-0.39, 0.29) is 19.7 Å². The predicted molar refractivity (Wildman–Crippen MR) is 206 cm³/mol. The van der Waals surface area contributed by atoms with Crippen molar-refractivity contribution in [2.24, 2.45) is 5.41 Å². The van der Waals surface area contributed by atoms with E-state index >= 15 is 0 Å². The molecule has 1 aromatic heterocycles. The molecule has 4 aromatic rings. The maximum atomic E-state index is 13.9. The van der Waals surface area contributed by atoms with Crippen LogP contribution in [0, 0.1) is 5.41 Å². The number of hydrogen-bond donors (Lipinski definition) is 6. The van der Waals surface area contributed by atoms with Crippen molar-refractivity contribution in [3.8, 4) is 0 Å². The summed E-state index contributed by atoms with van der Waals surface area (Å²) < 4.78 is 11.9. The van der Waals surface area contributed by atoms with Gasteiger partial charge >= 0.3 is 12.2 Å². The molecule has 1 unspecified atom stereocenters. The largest absolute Gasteiger partial charge is 0.444 e. The zero-order chi connectivity index (χ0) is 38.6. The summed E-state index contributed by atoms with van der Waals surface area (Å²) in [6, 6.07) is 24.1. The molecule has 12 nitrogen and oxygen atoms in total. The molecule has 4 rings (SSSR count). The summed E-state index contributed by atoms with van der Waals surface area (Å²) in [4.78, 5) is 44.0. The number of carbonyl (C=O) groups excluding carboxylic acids is 3. The van der Waals surface area contributed by atoms with Gasteiger partial charge in [0.1, 0.15) is 23.3 Å². The van der Waals surface area contributed by atoms with E-state index in [0.717, 1.165) is 21.3 Å². The maximum absolute atomic E-state index is 13.9. The molecule has 0 radical (unpaired) electrons. The van der Waals surface area contributed by atoms with Gasteiger partial charge in [-0.05, 0) is 62.3 Å². The molecule has 5 atom stereocenters. The number of thiazole rings is 1. The van der Waals surface area contributed by atoms with Crippen molar-refractivity contribution in [2.75, 3.05) is 13.1 Å². The van der Waals surface area contributed by atoms with Gasteiger partial charge in [0, 0.05) is 13.1 Å². The molecule has 0 aliphatic carbocycles. The van der Waals surface area contributed by atoms with E-state index in [1.165, 1.54) is 11.3 Å². The number of ether oxygens (including phenoxy) is 2. The van der Waals surface area contributed by atoms with Crippen molar-refractivity contribution >= 4 is 39.6 Å². The number of benzene rings is 3. The number of amides is 3. The second-order valence-electron chi connectivity index (χ2n) is 15.1. The first-order chi connectivity index (χ1) is 25.1. The zero-order valence-corrected chi connectivity index (χ0v) is 32.1. The minimum atomic E-state index is -1.09. The number of rotatable bonds is 16. The van der Waals surface area contributed by atoms with E-state index in [1.807, 2.05) is 106 Å². The Morgan fingerprint density at radius 2 is 1.25 bits per heavy atom. The third kappa shape index (κ3) is 13.7. The summed E-state index contributed by atoms with van der Waals surface area (Å²) in [5, 5.41) is 34.9. The molecule has 53 heavy (non-hydrogen) atoms. The van der Waals surface area contributed by atoms with E-state index in [9.17, 15) is 24.6 Å². The number of alkyl carbamates (subject to hydrolysis) is 2. The average molecular weight is 748 g/mol. The normalized spacial score (nSPS) is 14.7. The number of aliphatic hydroxyl groups excluding tert-OH is 2. The lowest BCUT2D eigenvalue weighted by molar-refractivity contribution is -0.127. The van der Waals surface area contributed by atoms with Gasteiger partial charge in [-0.25, -0.2) is 14.6 Å². The van der Waals surface area contributed by atoms with Gasteiger partial charge in [0.2, 0.25) is 5.91 Å². The first-order valence-electron chi connectivity index (χ1n) is 17.8. The number of nitrogens with zero attached hydrogens (tertiary/aromatic N) is 1. The van der Waals surface area contributed by atoms with Crippen LogP contribution in [0.5, 0.6) is 0 Å². The highest BCUT2D eigenvalue weighted by Gasteiger charge is 2.36. The number of nitrogens with one attached hydrogen (secondary N) is 4. The molecule has 6 N–H and O–H groups in total. The highest BCUT2D eigenvalue weighted by atomic mass is 32.1. The number of fused-ring (bicyclic) bond motifs is 1. The predicted octanol–water partition coefficient (Wildman–Crippen LogP) is 5.11. The molecule has 0 saturated heterocycles. The Hall–Kier alpha value is -4.56. The molecule has 1 heterocycles. The fraction of sp³-hybridized carbons (Fsp3) is 0.450. The first kappa shape index (κ1) is 41.2. The summed E-state index contributed by atoms with van der Waals surface area (Å²) in [5.74, 6) is -0.487. The molecule has 0 aliphatic heterocycles. The standard InChI is InChI=1S/C40H53N5O7S/c1-39(2,3)35(45-37(49)51-25-34-42-28-19-13-14-20-33(28)53-34)36(48)43-29(21-26-15-9-7-10-16-26)31(46)23-41-24-32(47)30(22-27-17-11-8-12-18-27)44-38(50)52-40(4,5)6/h7-20,29-32,35,41,46-47H,21-25H2,1-6H3,(H,43,48)(H,44,50)(H,45,49)/t29?,30-,31+,32+,35+/m1/s1. The van der Waals surface area contributed by atoms with Crippen LogP contribution in [0.3, 0.4) is 0 Å². The van der Waals surface area contributed by atoms with Gasteiger partial charge in [-0.3, -0.25) is 4.79 Å². The second-order valence-corrected chi connectivity index (χ2v) is 16.3. The van der Waals surface area contributed by atoms with E-state index < -0.39 is 59.4 Å². The Kier molecular flexibility index (Phi) is 14.7. The van der Waals surface area contributed by atoms with Crippen LogP contribution < -0.4 is 21.3 Å². The molecule has 0 aliphatic rings. The third-order valence-corrected chi connectivity index (χ3v) is 9.33. The van der Waals surface area contributed by atoms with Gasteiger partial charge in [-0.15, -0.1) is 11.3 Å². The van der Waals surface area contributed by atoms with E-state index in [4.69, 9.17) is 9.47 Å². The van der Waals surface area contributed by atoms with Crippen LogP contribution in [0.2, 0.25) is 0 Å². The Morgan fingerprint density at radius 3 is 1.77 bits per heavy atom. The fourth-order valence-corrected chi connectivity index (χ4v) is 6.52. The number of para-hydroxylation sites is 1. The number of aromatic nitrogens is 1. The quantitative estimate of drug-likeness (QED) is 0.0912. The highest BCUT2D eigenvalue weighted by Crippen LogP contribution is 2.23. The van der Waals surface area contributed by atoms with Crippen LogP contribution >= 0.6 is 11.3 Å². The van der Waals surface area contributed by atoms with Crippen molar-refractivity contribution in [1.82, 2.24) is 26.3 Å². The molecular weight excluding hydrogens is 695 g/mol. The molecule has 0 fully saturated rings. The van der Waals surface area contributed by atoms with Crippen LogP contribution in [0.4, 0.5) is 9.59 Å². The van der Waals surface area contributed by atoms with Gasteiger partial charge in [-0.2, -0.15) is 0 Å². The smallest absolute Gasteiger partial charge is 0.408 e. The van der Waals surface area contributed by atoms with Crippen molar-refractivity contribution in [2.45, 2.75) is 96.9 Å². The van der Waals surface area contributed by atoms with E-state index in [0.29, 0.717) is 17.8 Å². The Morgan fingerprint density at radius 1 is 0.717 bits per heavy atom. The summed E-state index contributed by atoms with van der Waals surface area (Å²) in [6.07, 6.45) is -2.90. The third-order valence-electron chi connectivity index (χ3n) is 8.32. The topological polar surface area (TPSA) is 171 Å². The second kappa shape index (κ2) is 19.0. The van der Waals surface area contributed by atoms with Crippen molar-refractivity contribution in [3.63, 3.8) is 0 Å². The Bertz CT molecular complexity index is 1720. The molecule has 3 aromatic carbocycles. The summed E-state index contributed by atoms with van der Waals surface area (Å²) in [5.41, 5.74) is 1.20. The zero-order valence-electron chi connectivity index (χ0n) is 31.3. The number of aliphatic hydroxyl groups is 2. The molecule has 3 amide bonds. The monoisotopic (exact) mass is 747 g/mol. The molecule has 0 spiro atoms. The van der Waals surface area contributed by atoms with Gasteiger partial charge in [0.15, 0.2) is 0 Å². The summed E-state index contributed by atoms with van der Waals surface area (Å²) in [6.45, 7) is 10.8. The van der Waals surface area contributed by atoms with Crippen LogP contribution in [0.25, 0.3) is 10.2 Å². The van der Waals surface area contributed by atoms with Crippen LogP contribution in [-0.4, -0.2) is 82.3 Å². The van der Waals surface area contributed by atoms with E-state index in [1.54, 1.807) is 20.8 Å². The molecule has 13 heteroatoms. The summed E-state index contributed by atoms with van der Waals surface area (Å²) >= 11 is 1.43. The lowest BCUT2D eigenvalue weighted by Crippen LogP contribution is -2.58. The molecule has 286 valence electrons. The summed E-state index contributed by atoms with van der Waals surface area (Å²) in [7, 11) is 0. The van der Waals surface area contributed by atoms with Crippen molar-refractivity contribution in [1.29, 1.82) is 0 Å². The van der Waals surface area contributed by atoms with Crippen molar-refractivity contribution in [3.05, 3.63) is 101 Å². The van der Waals surface area contributed by atoms with Crippen LogP contribution in [0.1, 0.15) is 57.7 Å². The Balaban J connectivity index is 1.40. The molecular formula is C40H53N5O7S. The van der Waals surface area contributed by atoms with Gasteiger partial charge in [0.25, 0.3) is 0 Å². The lowest BCUT2D eigenvalue weighted by atomic mass is 9.85. The molecule has 0 saturated carbocycles. The SMILES string of the molecule is CC(C)(C)OC(=O)N[C@H](Cc1ccccc1)[C@@H](O)CNC[C@H](O)C(Cc1ccccc1)NC(=O)[C@H](NC(=O)OCc1nc2ccccc2s1)C(C)(C)C. The van der Waals surface area contributed by atoms with E-state index in [2.05, 4.69) is 26.3 Å². The fourth-order valence-electron chi connectivity index (χ4n) is 5.63. The van der Waals surface area contributed by atoms with Crippen LogP contribution in [-0.2, 0) is 33.7 Å². The average Bonchev–Trinajstić information content (AvgIpc) is 3.52. The van der Waals surface area contributed by atoms with Gasteiger partial charge in [0.05, 0.1) is 34.5 Å². The van der Waals surface area contributed by atoms with Crippen LogP contribution in [0.15, 0.2) is 84.9 Å². The lowest BCUT2D eigenvalue weighted by Gasteiger charge is -2.33. The van der Waals surface area contributed by atoms with Gasteiger partial charge < -0.3 is 41.0 Å². The number of hydrogen-bond acceptors (Lipinski definition) is 10. The number of carbonyl (C=O) groups is 3. The van der Waals surface area contributed by atoms with Crippen molar-refractivity contribution < 1.29 is 34.1 Å². The molecule has 0 bridgehead atoms. The highest BCUT2D eigenvalue weighted by molar-refractivity contribution is 7.18. The van der Waals surface area contributed by atoms with Gasteiger partial charge in [-0.1, -0.05) is 93.6 Å². The first-order valence-corrected chi connectivity index (χ1v) is 18.6. The minimum absolute atomic E-state index is 0.0111. The Labute approximate surface area is 315 Å².